The van der Waals surface area contributed by atoms with Gasteiger partial charge in [-0.05, 0) is 86.6 Å². The number of hydrogen-bond donors (Lipinski definition) is 0. The summed E-state index contributed by atoms with van der Waals surface area (Å²) in [5.41, 5.74) is 16.2. The summed E-state index contributed by atoms with van der Waals surface area (Å²) >= 11 is 0. The molecule has 0 aliphatic heterocycles. The van der Waals surface area contributed by atoms with Gasteiger partial charge in [0, 0.05) is 33.3 Å². The van der Waals surface area contributed by atoms with Gasteiger partial charge >= 0.3 is 0 Å². The molecule has 0 fully saturated rings. The molecule has 282 valence electrons. The molecule has 1 aromatic heterocycles. The van der Waals surface area contributed by atoms with E-state index in [-0.39, 0.29) is 0 Å². The molecule has 11 rings (SSSR count). The number of anilines is 3. The monoisotopic (exact) mass is 764 g/mol. The average Bonchev–Trinajstić information content (AvgIpc) is 3.66. The molecule has 0 aliphatic rings. The molecule has 0 saturated carbocycles. The zero-order valence-electron chi connectivity index (χ0n) is 33.0. The largest absolute Gasteiger partial charge is 0.310 e. The average molecular weight is 765 g/mol. The van der Waals surface area contributed by atoms with Crippen LogP contribution in [0, 0.1) is 0 Å². The number of benzene rings is 10. The standard InChI is InChI=1S/C58H40N2/c1-4-17-41(18-5-1)43-31-34-47(35-32-43)59(55-29-14-12-26-52(55)51-28-16-24-44-23-10-11-25-49(44)51)48-36-38-54-53-27-13-15-30-56(53)60(58(54)40-48)57-39-46(42-19-6-2-7-20-42)33-37-50(57)45-21-8-3-9-22-45/h1-40H. The van der Waals surface area contributed by atoms with E-state index in [1.165, 1.54) is 71.6 Å². The first-order valence-electron chi connectivity index (χ1n) is 20.6. The first-order valence-corrected chi connectivity index (χ1v) is 20.6. The maximum Gasteiger partial charge on any atom is 0.0562 e. The first-order chi connectivity index (χ1) is 29.8. The van der Waals surface area contributed by atoms with Crippen LogP contribution in [-0.2, 0) is 0 Å². The van der Waals surface area contributed by atoms with Crippen molar-refractivity contribution in [1.29, 1.82) is 0 Å². The molecule has 1 heterocycles. The van der Waals surface area contributed by atoms with Crippen LogP contribution in [0.25, 0.3) is 82.8 Å². The number of hydrogen-bond acceptors (Lipinski definition) is 1. The number of aromatic nitrogens is 1. The Labute approximate surface area is 350 Å². The topological polar surface area (TPSA) is 8.17 Å². The normalized spacial score (nSPS) is 11.3. The Morgan fingerprint density at radius 2 is 0.817 bits per heavy atom. The summed E-state index contributed by atoms with van der Waals surface area (Å²) in [7, 11) is 0. The second kappa shape index (κ2) is 15.1. The Morgan fingerprint density at radius 1 is 0.283 bits per heavy atom. The van der Waals surface area contributed by atoms with Gasteiger partial charge in [-0.3, -0.25) is 0 Å². The van der Waals surface area contributed by atoms with Crippen molar-refractivity contribution in [2.75, 3.05) is 4.90 Å². The van der Waals surface area contributed by atoms with Gasteiger partial charge in [-0.25, -0.2) is 0 Å². The maximum absolute atomic E-state index is 2.48. The molecule has 2 nitrogen and oxygen atoms in total. The number of fused-ring (bicyclic) bond motifs is 4. The zero-order chi connectivity index (χ0) is 39.8. The van der Waals surface area contributed by atoms with Crippen LogP contribution in [0.5, 0.6) is 0 Å². The van der Waals surface area contributed by atoms with Crippen LogP contribution in [0.1, 0.15) is 0 Å². The molecule has 0 atom stereocenters. The molecule has 0 radical (unpaired) electrons. The minimum Gasteiger partial charge on any atom is -0.310 e. The van der Waals surface area contributed by atoms with Gasteiger partial charge in [-0.1, -0.05) is 200 Å². The molecule has 11 aromatic rings. The van der Waals surface area contributed by atoms with Crippen molar-refractivity contribution in [2.24, 2.45) is 0 Å². The third-order valence-electron chi connectivity index (χ3n) is 11.8. The van der Waals surface area contributed by atoms with Gasteiger partial charge in [-0.2, -0.15) is 0 Å². The molecule has 2 heteroatoms. The van der Waals surface area contributed by atoms with E-state index in [9.17, 15) is 0 Å². The minimum absolute atomic E-state index is 1.08. The molecular weight excluding hydrogens is 725 g/mol. The molecule has 0 bridgehead atoms. The van der Waals surface area contributed by atoms with E-state index in [1.54, 1.807) is 0 Å². The molecule has 0 N–H and O–H groups in total. The van der Waals surface area contributed by atoms with Gasteiger partial charge < -0.3 is 9.47 Å². The second-order valence-electron chi connectivity index (χ2n) is 15.3. The summed E-state index contributed by atoms with van der Waals surface area (Å²) in [6, 6.07) is 88.0. The van der Waals surface area contributed by atoms with Crippen LogP contribution in [0.2, 0.25) is 0 Å². The third kappa shape index (κ3) is 6.23. The number of nitrogens with zero attached hydrogens (tertiary/aromatic N) is 2. The lowest BCUT2D eigenvalue weighted by molar-refractivity contribution is 1.18. The zero-order valence-corrected chi connectivity index (χ0v) is 33.0. The first kappa shape index (κ1) is 35.2. The minimum atomic E-state index is 1.08. The van der Waals surface area contributed by atoms with Crippen molar-refractivity contribution in [3.8, 4) is 50.2 Å². The lowest BCUT2D eigenvalue weighted by atomic mass is 9.96. The van der Waals surface area contributed by atoms with E-state index < -0.39 is 0 Å². The van der Waals surface area contributed by atoms with Crippen LogP contribution in [0.3, 0.4) is 0 Å². The van der Waals surface area contributed by atoms with Crippen molar-refractivity contribution in [3.63, 3.8) is 0 Å². The predicted molar refractivity (Wildman–Crippen MR) is 255 cm³/mol. The Kier molecular flexibility index (Phi) is 8.87. The van der Waals surface area contributed by atoms with E-state index in [2.05, 4.69) is 252 Å². The van der Waals surface area contributed by atoms with E-state index in [1.807, 2.05) is 0 Å². The molecule has 0 spiro atoms. The number of rotatable bonds is 8. The van der Waals surface area contributed by atoms with Crippen LogP contribution >= 0.6 is 0 Å². The summed E-state index contributed by atoms with van der Waals surface area (Å²) in [6.07, 6.45) is 0. The van der Waals surface area contributed by atoms with Crippen LogP contribution in [0.4, 0.5) is 17.1 Å². The maximum atomic E-state index is 2.48. The third-order valence-corrected chi connectivity index (χ3v) is 11.8. The summed E-state index contributed by atoms with van der Waals surface area (Å²) in [4.78, 5) is 2.44. The Morgan fingerprint density at radius 3 is 1.58 bits per heavy atom. The van der Waals surface area contributed by atoms with Crippen molar-refractivity contribution in [3.05, 3.63) is 243 Å². The van der Waals surface area contributed by atoms with Crippen LogP contribution in [-0.4, -0.2) is 4.57 Å². The number of para-hydroxylation sites is 2. The Bertz CT molecular complexity index is 3290. The van der Waals surface area contributed by atoms with Gasteiger partial charge in [0.1, 0.15) is 0 Å². The van der Waals surface area contributed by atoms with Gasteiger partial charge in [0.25, 0.3) is 0 Å². The molecule has 60 heavy (non-hydrogen) atoms. The predicted octanol–water partition coefficient (Wildman–Crippen LogP) is 16.1. The SMILES string of the molecule is c1ccc(-c2ccc(N(c3ccc4c5ccccc5n(-c5cc(-c6ccccc6)ccc5-c5ccccc5)c4c3)c3ccccc3-c3cccc4ccccc34)cc2)cc1. The van der Waals surface area contributed by atoms with Gasteiger partial charge in [-0.15, -0.1) is 0 Å². The smallest absolute Gasteiger partial charge is 0.0562 e. The lowest BCUT2D eigenvalue weighted by Crippen LogP contribution is -2.11. The summed E-state index contributed by atoms with van der Waals surface area (Å²) in [6.45, 7) is 0. The van der Waals surface area contributed by atoms with Crippen molar-refractivity contribution in [1.82, 2.24) is 4.57 Å². The van der Waals surface area contributed by atoms with Crippen LogP contribution in [0.15, 0.2) is 243 Å². The van der Waals surface area contributed by atoms with E-state index in [4.69, 9.17) is 0 Å². The Hall–Kier alpha value is -7.94. The van der Waals surface area contributed by atoms with E-state index in [0.717, 1.165) is 28.3 Å². The highest BCUT2D eigenvalue weighted by Crippen LogP contribution is 2.45. The van der Waals surface area contributed by atoms with Gasteiger partial charge in [0.05, 0.1) is 22.4 Å². The summed E-state index contributed by atoms with van der Waals surface area (Å²) < 4.78 is 2.48. The highest BCUT2D eigenvalue weighted by molar-refractivity contribution is 6.11. The fraction of sp³-hybridized carbons (Fsp3) is 0. The van der Waals surface area contributed by atoms with Gasteiger partial charge in [0.15, 0.2) is 0 Å². The second-order valence-corrected chi connectivity index (χ2v) is 15.3. The van der Waals surface area contributed by atoms with Crippen molar-refractivity contribution in [2.45, 2.75) is 0 Å². The molecule has 0 amide bonds. The van der Waals surface area contributed by atoms with E-state index in [0.29, 0.717) is 0 Å². The summed E-state index contributed by atoms with van der Waals surface area (Å²) in [5.74, 6) is 0. The highest BCUT2D eigenvalue weighted by atomic mass is 15.1. The molecule has 0 unspecified atom stereocenters. The molecule has 0 aliphatic carbocycles. The molecular formula is C58H40N2. The summed E-state index contributed by atoms with van der Waals surface area (Å²) in [5, 5.41) is 4.88. The van der Waals surface area contributed by atoms with Gasteiger partial charge in [0.2, 0.25) is 0 Å². The van der Waals surface area contributed by atoms with E-state index >= 15 is 0 Å². The fourth-order valence-corrected chi connectivity index (χ4v) is 8.96. The molecule has 0 saturated heterocycles. The van der Waals surface area contributed by atoms with Crippen molar-refractivity contribution < 1.29 is 0 Å². The fourth-order valence-electron chi connectivity index (χ4n) is 8.96. The molecule has 10 aromatic carbocycles. The Balaban J connectivity index is 1.18. The highest BCUT2D eigenvalue weighted by Gasteiger charge is 2.22. The van der Waals surface area contributed by atoms with Crippen LogP contribution < -0.4 is 4.90 Å². The van der Waals surface area contributed by atoms with Crippen molar-refractivity contribution >= 4 is 49.6 Å². The lowest BCUT2D eigenvalue weighted by Gasteiger charge is -2.28. The quantitative estimate of drug-likeness (QED) is 0.150.